The molecule has 0 bridgehead atoms. The molecule has 0 spiro atoms. The second-order valence-corrected chi connectivity index (χ2v) is 6.31. The van der Waals surface area contributed by atoms with Gasteiger partial charge in [0, 0.05) is 18.0 Å². The molecule has 2 rings (SSSR count). The van der Waals surface area contributed by atoms with E-state index in [1.54, 1.807) is 19.5 Å². The van der Waals surface area contributed by atoms with E-state index < -0.39 is 0 Å². The van der Waals surface area contributed by atoms with Gasteiger partial charge in [0.25, 0.3) is 0 Å². The van der Waals surface area contributed by atoms with E-state index in [1.807, 2.05) is 18.2 Å². The SMILES string of the molecule is COc1ccc(Oc2ncc(Br)cn2)c(C(C)(C)C)c1. The molecule has 0 saturated carbocycles. The third kappa shape index (κ3) is 3.48. The van der Waals surface area contributed by atoms with E-state index in [0.717, 1.165) is 21.5 Å². The molecule has 2 aromatic rings. The molecule has 4 nitrogen and oxygen atoms in total. The monoisotopic (exact) mass is 336 g/mol. The van der Waals surface area contributed by atoms with E-state index in [-0.39, 0.29) is 5.41 Å². The number of hydrogen-bond donors (Lipinski definition) is 0. The van der Waals surface area contributed by atoms with Crippen LogP contribution in [0.15, 0.2) is 35.1 Å². The number of rotatable bonds is 3. The van der Waals surface area contributed by atoms with Gasteiger partial charge in [0.05, 0.1) is 11.6 Å². The molecule has 0 N–H and O–H groups in total. The van der Waals surface area contributed by atoms with Gasteiger partial charge in [-0.2, -0.15) is 0 Å². The first-order valence-electron chi connectivity index (χ1n) is 6.24. The van der Waals surface area contributed by atoms with Gasteiger partial charge < -0.3 is 9.47 Å². The molecule has 0 fully saturated rings. The van der Waals surface area contributed by atoms with Crippen LogP contribution in [0.4, 0.5) is 0 Å². The second kappa shape index (κ2) is 5.79. The maximum absolute atomic E-state index is 5.79. The first-order valence-corrected chi connectivity index (χ1v) is 7.03. The molecule has 0 aliphatic heterocycles. The van der Waals surface area contributed by atoms with E-state index >= 15 is 0 Å². The van der Waals surface area contributed by atoms with Gasteiger partial charge >= 0.3 is 6.01 Å². The number of benzene rings is 1. The highest BCUT2D eigenvalue weighted by Gasteiger charge is 2.20. The summed E-state index contributed by atoms with van der Waals surface area (Å²) in [5.74, 6) is 1.54. The van der Waals surface area contributed by atoms with E-state index in [2.05, 4.69) is 46.7 Å². The lowest BCUT2D eigenvalue weighted by Gasteiger charge is -2.22. The van der Waals surface area contributed by atoms with Crippen molar-refractivity contribution in [2.45, 2.75) is 26.2 Å². The van der Waals surface area contributed by atoms with E-state index in [4.69, 9.17) is 9.47 Å². The molecule has 0 saturated heterocycles. The third-order valence-corrected chi connectivity index (χ3v) is 3.20. The van der Waals surface area contributed by atoms with Crippen LogP contribution in [0, 0.1) is 0 Å². The second-order valence-electron chi connectivity index (χ2n) is 5.40. The number of ether oxygens (including phenoxy) is 2. The molecule has 0 aliphatic carbocycles. The Labute approximate surface area is 127 Å². The summed E-state index contributed by atoms with van der Waals surface area (Å²) in [6.07, 6.45) is 3.31. The molecule has 0 aliphatic rings. The molecule has 0 radical (unpaired) electrons. The molecule has 106 valence electrons. The number of halogens is 1. The van der Waals surface area contributed by atoms with Crippen LogP contribution in [0.1, 0.15) is 26.3 Å². The average molecular weight is 337 g/mol. The summed E-state index contributed by atoms with van der Waals surface area (Å²) in [7, 11) is 1.65. The van der Waals surface area contributed by atoms with Crippen molar-refractivity contribution in [3.63, 3.8) is 0 Å². The van der Waals surface area contributed by atoms with Crippen LogP contribution >= 0.6 is 15.9 Å². The largest absolute Gasteiger partial charge is 0.497 e. The smallest absolute Gasteiger partial charge is 0.321 e. The van der Waals surface area contributed by atoms with E-state index in [9.17, 15) is 0 Å². The summed E-state index contributed by atoms with van der Waals surface area (Å²) in [6, 6.07) is 6.05. The van der Waals surface area contributed by atoms with Crippen molar-refractivity contribution < 1.29 is 9.47 Å². The van der Waals surface area contributed by atoms with Gasteiger partial charge in [0.2, 0.25) is 0 Å². The van der Waals surface area contributed by atoms with Crippen molar-refractivity contribution >= 4 is 15.9 Å². The van der Waals surface area contributed by atoms with Gasteiger partial charge in [-0.05, 0) is 39.5 Å². The summed E-state index contributed by atoms with van der Waals surface area (Å²) >= 11 is 3.30. The third-order valence-electron chi connectivity index (χ3n) is 2.79. The van der Waals surface area contributed by atoms with Gasteiger partial charge in [-0.3, -0.25) is 0 Å². The zero-order chi connectivity index (χ0) is 14.8. The van der Waals surface area contributed by atoms with Crippen molar-refractivity contribution in [1.29, 1.82) is 0 Å². The zero-order valence-electron chi connectivity index (χ0n) is 12.0. The zero-order valence-corrected chi connectivity index (χ0v) is 13.6. The first kappa shape index (κ1) is 14.8. The maximum Gasteiger partial charge on any atom is 0.321 e. The highest BCUT2D eigenvalue weighted by molar-refractivity contribution is 9.10. The molecular weight excluding hydrogens is 320 g/mol. The lowest BCUT2D eigenvalue weighted by molar-refractivity contribution is 0.401. The molecular formula is C15H17BrN2O2. The normalized spacial score (nSPS) is 11.2. The van der Waals surface area contributed by atoms with Crippen LogP contribution < -0.4 is 9.47 Å². The predicted octanol–water partition coefficient (Wildman–Crippen LogP) is 4.34. The Morgan fingerprint density at radius 3 is 2.30 bits per heavy atom. The quantitative estimate of drug-likeness (QED) is 0.836. The summed E-state index contributed by atoms with van der Waals surface area (Å²) < 4.78 is 11.9. The van der Waals surface area contributed by atoms with Crippen molar-refractivity contribution in [1.82, 2.24) is 9.97 Å². The number of hydrogen-bond acceptors (Lipinski definition) is 4. The van der Waals surface area contributed by atoms with Crippen LogP contribution in [0.2, 0.25) is 0 Å². The Balaban J connectivity index is 2.38. The molecule has 0 amide bonds. The van der Waals surface area contributed by atoms with Gasteiger partial charge in [0.15, 0.2) is 0 Å². The standard InChI is InChI=1S/C15H17BrN2O2/c1-15(2,3)12-7-11(19-4)5-6-13(12)20-14-17-8-10(16)9-18-14/h5-9H,1-4H3. The van der Waals surface area contributed by atoms with Gasteiger partial charge in [-0.15, -0.1) is 0 Å². The highest BCUT2D eigenvalue weighted by Crippen LogP contribution is 2.35. The van der Waals surface area contributed by atoms with Gasteiger partial charge in [-0.25, -0.2) is 9.97 Å². The molecule has 1 aromatic carbocycles. The van der Waals surface area contributed by atoms with Crippen molar-refractivity contribution in [2.75, 3.05) is 7.11 Å². The fourth-order valence-electron chi connectivity index (χ4n) is 1.76. The van der Waals surface area contributed by atoms with Crippen LogP contribution in [0.5, 0.6) is 17.5 Å². The Bertz CT molecular complexity index is 592. The van der Waals surface area contributed by atoms with Crippen LogP contribution in [-0.4, -0.2) is 17.1 Å². The van der Waals surface area contributed by atoms with Gasteiger partial charge in [-0.1, -0.05) is 20.8 Å². The Kier molecular flexibility index (Phi) is 4.28. The molecule has 0 atom stereocenters. The number of aromatic nitrogens is 2. The summed E-state index contributed by atoms with van der Waals surface area (Å²) in [4.78, 5) is 8.26. The Morgan fingerprint density at radius 1 is 1.10 bits per heavy atom. The maximum atomic E-state index is 5.79. The van der Waals surface area contributed by atoms with Crippen LogP contribution in [0.3, 0.4) is 0 Å². The number of nitrogens with zero attached hydrogens (tertiary/aromatic N) is 2. The molecule has 5 heteroatoms. The van der Waals surface area contributed by atoms with E-state index in [0.29, 0.717) is 6.01 Å². The van der Waals surface area contributed by atoms with Crippen molar-refractivity contribution in [3.05, 3.63) is 40.6 Å². The van der Waals surface area contributed by atoms with Crippen molar-refractivity contribution in [2.24, 2.45) is 0 Å². The van der Waals surface area contributed by atoms with E-state index in [1.165, 1.54) is 0 Å². The average Bonchev–Trinajstić information content (AvgIpc) is 2.40. The lowest BCUT2D eigenvalue weighted by atomic mass is 9.86. The Hall–Kier alpha value is -1.62. The first-order chi connectivity index (χ1) is 9.40. The minimum atomic E-state index is -0.0702. The minimum absolute atomic E-state index is 0.0702. The van der Waals surface area contributed by atoms with Crippen molar-refractivity contribution in [3.8, 4) is 17.5 Å². The summed E-state index contributed by atoms with van der Waals surface area (Å²) in [6.45, 7) is 6.37. The lowest BCUT2D eigenvalue weighted by Crippen LogP contribution is -2.13. The predicted molar refractivity (Wildman–Crippen MR) is 81.5 cm³/mol. The highest BCUT2D eigenvalue weighted by atomic mass is 79.9. The molecule has 1 heterocycles. The Morgan fingerprint density at radius 2 is 1.75 bits per heavy atom. The summed E-state index contributed by atoms with van der Waals surface area (Å²) in [5.41, 5.74) is 0.975. The van der Waals surface area contributed by atoms with Crippen LogP contribution in [0.25, 0.3) is 0 Å². The topological polar surface area (TPSA) is 44.2 Å². The van der Waals surface area contributed by atoms with Crippen LogP contribution in [-0.2, 0) is 5.41 Å². The van der Waals surface area contributed by atoms with Gasteiger partial charge in [0.1, 0.15) is 11.5 Å². The molecule has 0 unspecified atom stereocenters. The minimum Gasteiger partial charge on any atom is -0.497 e. The molecule has 20 heavy (non-hydrogen) atoms. The fraction of sp³-hybridized carbons (Fsp3) is 0.333. The number of methoxy groups -OCH3 is 1. The fourth-order valence-corrected chi connectivity index (χ4v) is 1.97. The molecule has 1 aromatic heterocycles. The summed E-state index contributed by atoms with van der Waals surface area (Å²) in [5, 5.41) is 0.